The minimum Gasteiger partial charge on any atom is -0.454 e. The maximum atomic E-state index is 5.87. The van der Waals surface area contributed by atoms with Crippen LogP contribution in [0.4, 0.5) is 5.95 Å². The van der Waals surface area contributed by atoms with Gasteiger partial charge in [-0.1, -0.05) is 31.2 Å². The molecule has 26 heavy (non-hydrogen) atoms. The zero-order chi connectivity index (χ0) is 17.9. The number of hydrogen-bond acceptors (Lipinski definition) is 6. The van der Waals surface area contributed by atoms with E-state index in [4.69, 9.17) is 4.42 Å². The van der Waals surface area contributed by atoms with Crippen LogP contribution in [0.25, 0.3) is 22.4 Å². The van der Waals surface area contributed by atoms with Crippen molar-refractivity contribution in [1.82, 2.24) is 20.2 Å². The summed E-state index contributed by atoms with van der Waals surface area (Å²) < 4.78 is 5.87. The van der Waals surface area contributed by atoms with Gasteiger partial charge in [-0.3, -0.25) is 4.98 Å². The fourth-order valence-corrected chi connectivity index (χ4v) is 2.75. The van der Waals surface area contributed by atoms with Gasteiger partial charge < -0.3 is 9.32 Å². The Bertz CT molecular complexity index is 993. The minimum atomic E-state index is 0.532. The van der Waals surface area contributed by atoms with Crippen LogP contribution in [0.15, 0.2) is 59.3 Å². The molecule has 0 saturated carbocycles. The van der Waals surface area contributed by atoms with Gasteiger partial charge in [0.05, 0.1) is 18.4 Å². The first-order chi connectivity index (χ1) is 12.7. The van der Waals surface area contributed by atoms with Crippen LogP contribution in [-0.4, -0.2) is 27.2 Å². The highest BCUT2D eigenvalue weighted by Gasteiger charge is 2.12. The van der Waals surface area contributed by atoms with Gasteiger partial charge in [-0.05, 0) is 30.2 Å². The quantitative estimate of drug-likeness (QED) is 0.547. The Morgan fingerprint density at radius 2 is 1.96 bits per heavy atom. The van der Waals surface area contributed by atoms with Gasteiger partial charge in [-0.2, -0.15) is 5.10 Å². The van der Waals surface area contributed by atoms with Crippen LogP contribution in [0, 0.1) is 0 Å². The summed E-state index contributed by atoms with van der Waals surface area (Å²) in [4.78, 5) is 11.0. The van der Waals surface area contributed by atoms with E-state index >= 15 is 0 Å². The summed E-state index contributed by atoms with van der Waals surface area (Å²) >= 11 is 0. The Morgan fingerprint density at radius 3 is 2.73 bits per heavy atom. The van der Waals surface area contributed by atoms with Gasteiger partial charge >= 0.3 is 0 Å². The predicted octanol–water partition coefficient (Wildman–Crippen LogP) is 3.88. The summed E-state index contributed by atoms with van der Waals surface area (Å²) in [5.41, 5.74) is 3.67. The zero-order valence-corrected chi connectivity index (χ0v) is 14.8. The van der Waals surface area contributed by atoms with E-state index in [2.05, 4.69) is 33.2 Å². The molecule has 0 radical (unpaired) electrons. The molecule has 130 valence electrons. The van der Waals surface area contributed by atoms with Crippen LogP contribution in [0.3, 0.4) is 0 Å². The van der Waals surface area contributed by atoms with Crippen LogP contribution < -0.4 is 4.90 Å². The molecule has 0 bridgehead atoms. The number of aromatic nitrogens is 4. The van der Waals surface area contributed by atoms with Crippen molar-refractivity contribution >= 4 is 16.9 Å². The van der Waals surface area contributed by atoms with Gasteiger partial charge in [0.25, 0.3) is 0 Å². The molecule has 6 nitrogen and oxygen atoms in total. The molecule has 0 N–H and O–H groups in total. The highest BCUT2D eigenvalue weighted by molar-refractivity contribution is 5.82. The van der Waals surface area contributed by atoms with Crippen molar-refractivity contribution in [3.8, 4) is 11.5 Å². The molecule has 0 amide bonds. The van der Waals surface area contributed by atoms with E-state index in [1.807, 2.05) is 54.5 Å². The molecular weight excluding hydrogens is 326 g/mol. The highest BCUT2D eigenvalue weighted by atomic mass is 16.3. The first kappa shape index (κ1) is 16.2. The summed E-state index contributed by atoms with van der Waals surface area (Å²) in [6.45, 7) is 2.72. The SMILES string of the molecule is CCc1ccc(CN(C)c2nncc(-c3cc4ccccc4o3)n2)nc1. The zero-order valence-electron chi connectivity index (χ0n) is 14.8. The van der Waals surface area contributed by atoms with Crippen LogP contribution in [0.1, 0.15) is 18.2 Å². The van der Waals surface area contributed by atoms with E-state index < -0.39 is 0 Å². The van der Waals surface area contributed by atoms with Gasteiger partial charge in [0.15, 0.2) is 5.76 Å². The number of nitrogens with zero attached hydrogens (tertiary/aromatic N) is 5. The van der Waals surface area contributed by atoms with E-state index in [0.717, 1.165) is 23.1 Å². The third-order valence-electron chi connectivity index (χ3n) is 4.26. The third-order valence-corrected chi connectivity index (χ3v) is 4.26. The molecule has 4 aromatic rings. The Labute approximate surface area is 151 Å². The molecule has 0 aliphatic carbocycles. The van der Waals surface area contributed by atoms with E-state index in [9.17, 15) is 0 Å². The number of fused-ring (bicyclic) bond motifs is 1. The molecule has 4 rings (SSSR count). The monoisotopic (exact) mass is 345 g/mol. The van der Waals surface area contributed by atoms with Crippen molar-refractivity contribution in [3.05, 3.63) is 66.1 Å². The van der Waals surface area contributed by atoms with E-state index in [0.29, 0.717) is 23.9 Å². The predicted molar refractivity (Wildman–Crippen MR) is 101 cm³/mol. The van der Waals surface area contributed by atoms with Gasteiger partial charge in [0.1, 0.15) is 11.3 Å². The lowest BCUT2D eigenvalue weighted by Gasteiger charge is -2.16. The van der Waals surface area contributed by atoms with Crippen molar-refractivity contribution in [2.45, 2.75) is 19.9 Å². The minimum absolute atomic E-state index is 0.532. The van der Waals surface area contributed by atoms with Crippen LogP contribution in [0.2, 0.25) is 0 Å². The second-order valence-corrected chi connectivity index (χ2v) is 6.16. The lowest BCUT2D eigenvalue weighted by Crippen LogP contribution is -2.20. The number of anilines is 1. The Kier molecular flexibility index (Phi) is 4.31. The van der Waals surface area contributed by atoms with Crippen molar-refractivity contribution < 1.29 is 4.42 Å². The molecule has 3 heterocycles. The molecule has 3 aromatic heterocycles. The first-order valence-corrected chi connectivity index (χ1v) is 8.56. The second kappa shape index (κ2) is 6.92. The van der Waals surface area contributed by atoms with Crippen molar-refractivity contribution in [2.24, 2.45) is 0 Å². The number of rotatable bonds is 5. The second-order valence-electron chi connectivity index (χ2n) is 6.16. The maximum Gasteiger partial charge on any atom is 0.246 e. The first-order valence-electron chi connectivity index (χ1n) is 8.56. The molecule has 0 fully saturated rings. The Balaban J connectivity index is 1.57. The van der Waals surface area contributed by atoms with E-state index in [-0.39, 0.29) is 0 Å². The lowest BCUT2D eigenvalue weighted by molar-refractivity contribution is 0.627. The topological polar surface area (TPSA) is 67.9 Å². The lowest BCUT2D eigenvalue weighted by atomic mass is 10.2. The maximum absolute atomic E-state index is 5.87. The highest BCUT2D eigenvalue weighted by Crippen LogP contribution is 2.26. The molecule has 0 atom stereocenters. The molecule has 0 aliphatic rings. The Morgan fingerprint density at radius 1 is 1.08 bits per heavy atom. The van der Waals surface area contributed by atoms with E-state index in [1.54, 1.807) is 6.20 Å². The van der Waals surface area contributed by atoms with Crippen molar-refractivity contribution in [1.29, 1.82) is 0 Å². The summed E-state index contributed by atoms with van der Waals surface area (Å²) in [5.74, 6) is 1.21. The molecule has 0 spiro atoms. The fraction of sp³-hybridized carbons (Fsp3) is 0.200. The largest absolute Gasteiger partial charge is 0.454 e. The van der Waals surface area contributed by atoms with Gasteiger partial charge in [-0.25, -0.2) is 4.98 Å². The van der Waals surface area contributed by atoms with E-state index in [1.165, 1.54) is 5.56 Å². The summed E-state index contributed by atoms with van der Waals surface area (Å²) in [6.07, 6.45) is 4.51. The summed E-state index contributed by atoms with van der Waals surface area (Å²) in [5, 5.41) is 9.27. The van der Waals surface area contributed by atoms with Crippen LogP contribution >= 0.6 is 0 Å². The standard InChI is InChI=1S/C20H19N5O/c1-3-14-8-9-16(21-11-14)13-25(2)20-23-17(12-22-24-20)19-10-15-6-4-5-7-18(15)26-19/h4-12H,3,13H2,1-2H3. The summed E-state index contributed by atoms with van der Waals surface area (Å²) in [7, 11) is 1.93. The third kappa shape index (κ3) is 3.26. The number of aryl methyl sites for hydroxylation is 1. The van der Waals surface area contributed by atoms with Crippen molar-refractivity contribution in [3.63, 3.8) is 0 Å². The molecular formula is C20H19N5O. The summed E-state index contributed by atoms with van der Waals surface area (Å²) in [6, 6.07) is 14.0. The molecule has 0 saturated heterocycles. The number of hydrogen-bond donors (Lipinski definition) is 0. The van der Waals surface area contributed by atoms with Crippen LogP contribution in [-0.2, 0) is 13.0 Å². The Hall–Kier alpha value is -3.28. The average Bonchev–Trinajstić information content (AvgIpc) is 3.13. The number of pyridine rings is 1. The average molecular weight is 345 g/mol. The van der Waals surface area contributed by atoms with Gasteiger partial charge in [0, 0.05) is 18.6 Å². The van der Waals surface area contributed by atoms with Gasteiger partial charge in [-0.15, -0.1) is 5.10 Å². The molecule has 1 aromatic carbocycles. The molecule has 0 unspecified atom stereocenters. The van der Waals surface area contributed by atoms with Gasteiger partial charge in [0.2, 0.25) is 5.95 Å². The molecule has 0 aliphatic heterocycles. The normalized spacial score (nSPS) is 11.0. The number of para-hydroxylation sites is 1. The van der Waals surface area contributed by atoms with Crippen molar-refractivity contribution in [2.75, 3.05) is 11.9 Å². The van der Waals surface area contributed by atoms with Crippen LogP contribution in [0.5, 0.6) is 0 Å². The smallest absolute Gasteiger partial charge is 0.246 e. The fourth-order valence-electron chi connectivity index (χ4n) is 2.75. The molecule has 6 heteroatoms. The number of furan rings is 1. The number of benzene rings is 1.